The molecule has 1 aromatic rings. The lowest BCUT2D eigenvalue weighted by molar-refractivity contribution is -0.161. The largest absolute Gasteiger partial charge is 0.496 e. The third kappa shape index (κ3) is 4.99. The van der Waals surface area contributed by atoms with E-state index in [-0.39, 0.29) is 29.1 Å². The van der Waals surface area contributed by atoms with Gasteiger partial charge < -0.3 is 18.6 Å². The van der Waals surface area contributed by atoms with E-state index in [0.717, 1.165) is 49.2 Å². The summed E-state index contributed by atoms with van der Waals surface area (Å²) >= 11 is 0. The number of hydrogen-bond acceptors (Lipinski definition) is 5. The van der Waals surface area contributed by atoms with Gasteiger partial charge in [0, 0.05) is 18.6 Å². The van der Waals surface area contributed by atoms with Gasteiger partial charge in [0.1, 0.15) is 5.75 Å². The fraction of sp³-hybridized carbons (Fsp3) is 0.667. The first-order chi connectivity index (χ1) is 15.6. The van der Waals surface area contributed by atoms with E-state index in [1.165, 1.54) is 11.1 Å². The van der Waals surface area contributed by atoms with Crippen LogP contribution in [0.5, 0.6) is 5.75 Å². The van der Waals surface area contributed by atoms with Gasteiger partial charge in [-0.1, -0.05) is 32.9 Å². The predicted octanol–water partition coefficient (Wildman–Crippen LogP) is 6.13. The molecule has 1 unspecified atom stereocenters. The molecule has 3 atom stereocenters. The topological polar surface area (TPSA) is 54.0 Å². The highest BCUT2D eigenvalue weighted by Gasteiger charge is 2.47. The van der Waals surface area contributed by atoms with Gasteiger partial charge in [-0.25, -0.2) is 0 Å². The molecule has 0 radical (unpaired) electrons. The minimum atomic E-state index is -2.10. The second-order valence-corrected chi connectivity index (χ2v) is 15.9. The molecule has 0 saturated carbocycles. The Morgan fingerprint density at radius 2 is 1.94 bits per heavy atom. The van der Waals surface area contributed by atoms with Gasteiger partial charge in [0.2, 0.25) is 0 Å². The fourth-order valence-corrected chi connectivity index (χ4v) is 6.28. The van der Waals surface area contributed by atoms with Crippen molar-refractivity contribution in [2.45, 2.75) is 89.8 Å². The zero-order valence-electron chi connectivity index (χ0n) is 21.2. The van der Waals surface area contributed by atoms with Crippen LogP contribution in [0, 0.1) is 5.92 Å². The summed E-state index contributed by atoms with van der Waals surface area (Å²) in [5.41, 5.74) is 4.47. The molecular formula is C27H40O5Si. The second-order valence-electron chi connectivity index (χ2n) is 11.2. The zero-order chi connectivity index (χ0) is 23.8. The average Bonchev–Trinajstić information content (AvgIpc) is 3.08. The van der Waals surface area contributed by atoms with E-state index < -0.39 is 8.32 Å². The first kappa shape index (κ1) is 24.6. The predicted molar refractivity (Wildman–Crippen MR) is 132 cm³/mol. The Balaban J connectivity index is 1.67. The highest BCUT2D eigenvalue weighted by Crippen LogP contribution is 2.52. The van der Waals surface area contributed by atoms with Crippen molar-refractivity contribution in [1.29, 1.82) is 0 Å². The minimum Gasteiger partial charge on any atom is -0.496 e. The maximum atomic E-state index is 13.2. The number of methoxy groups -OCH3 is 1. The fourth-order valence-electron chi connectivity index (χ4n) is 5.09. The second kappa shape index (κ2) is 9.65. The van der Waals surface area contributed by atoms with Crippen molar-refractivity contribution in [2.75, 3.05) is 20.3 Å². The molecule has 1 aromatic carbocycles. The third-order valence-electron chi connectivity index (χ3n) is 7.97. The summed E-state index contributed by atoms with van der Waals surface area (Å²) in [6.45, 7) is 12.6. The Hall–Kier alpha value is -1.47. The van der Waals surface area contributed by atoms with Gasteiger partial charge in [0.15, 0.2) is 20.4 Å². The van der Waals surface area contributed by atoms with E-state index in [1.807, 2.05) is 12.1 Å². The first-order valence-electron chi connectivity index (χ1n) is 12.5. The van der Waals surface area contributed by atoms with Crippen LogP contribution >= 0.6 is 0 Å². The van der Waals surface area contributed by atoms with Crippen molar-refractivity contribution in [1.82, 2.24) is 0 Å². The van der Waals surface area contributed by atoms with E-state index in [9.17, 15) is 4.79 Å². The van der Waals surface area contributed by atoms with Crippen LogP contribution in [0.25, 0.3) is 0 Å². The molecule has 0 bridgehead atoms. The Morgan fingerprint density at radius 3 is 2.61 bits per heavy atom. The van der Waals surface area contributed by atoms with E-state index in [1.54, 1.807) is 7.11 Å². The van der Waals surface area contributed by atoms with Crippen molar-refractivity contribution < 1.29 is 23.4 Å². The van der Waals surface area contributed by atoms with Crippen LogP contribution in [-0.2, 0) is 25.1 Å². The van der Waals surface area contributed by atoms with Gasteiger partial charge in [-0.3, -0.25) is 4.79 Å². The number of carbonyl (C=O) groups is 1. The molecule has 182 valence electrons. The molecule has 1 heterocycles. The quantitative estimate of drug-likeness (QED) is 0.447. The van der Waals surface area contributed by atoms with Crippen LogP contribution in [0.15, 0.2) is 29.3 Å². The summed E-state index contributed by atoms with van der Waals surface area (Å²) < 4.78 is 24.5. The molecule has 0 spiro atoms. The zero-order valence-corrected chi connectivity index (χ0v) is 22.2. The summed E-state index contributed by atoms with van der Waals surface area (Å²) in [7, 11) is -0.373. The lowest BCUT2D eigenvalue weighted by atomic mass is 9.78. The van der Waals surface area contributed by atoms with Crippen LogP contribution in [0.2, 0.25) is 18.1 Å². The maximum Gasteiger partial charge on any atom is 0.193 e. The third-order valence-corrected chi connectivity index (χ3v) is 12.4. The van der Waals surface area contributed by atoms with Crippen LogP contribution in [0.4, 0.5) is 0 Å². The van der Waals surface area contributed by atoms with Gasteiger partial charge in [-0.15, -0.1) is 0 Å². The van der Waals surface area contributed by atoms with Gasteiger partial charge in [0.05, 0.1) is 19.8 Å². The molecule has 3 aliphatic rings. The van der Waals surface area contributed by atoms with Crippen LogP contribution in [0.3, 0.4) is 0 Å². The van der Waals surface area contributed by atoms with E-state index >= 15 is 0 Å². The van der Waals surface area contributed by atoms with Crippen molar-refractivity contribution in [2.24, 2.45) is 5.92 Å². The van der Waals surface area contributed by atoms with E-state index in [4.69, 9.17) is 18.6 Å². The first-order valence-corrected chi connectivity index (χ1v) is 15.4. The van der Waals surface area contributed by atoms with Gasteiger partial charge in [-0.05, 0) is 78.9 Å². The minimum absolute atomic E-state index is 0.0732. The molecule has 0 aromatic heterocycles. The average molecular weight is 473 g/mol. The number of hydrogen-bond donors (Lipinski definition) is 0. The molecule has 4 rings (SSSR count). The molecule has 5 nitrogen and oxygen atoms in total. The van der Waals surface area contributed by atoms with Gasteiger partial charge in [-0.2, -0.15) is 0 Å². The summed E-state index contributed by atoms with van der Waals surface area (Å²) in [5.74, 6) is 1.32. The van der Waals surface area contributed by atoms with Gasteiger partial charge in [0.25, 0.3) is 0 Å². The SMILES string of the molecule is COc1cccc2c1C[C@H]1CC(=O)C(CCOC3CCCCO3)=C1[C@@H]2O[Si](C)(C)C(C)(C)C. The standard InChI is InChI=1S/C27H40O5Si/c1-27(2,3)33(5,6)32-26-19-10-9-11-23(29-4)21(19)16-18-17-22(28)20(25(18)26)13-15-31-24-12-7-8-14-30-24/h9-11,18,24,26H,7-8,12-17H2,1-6H3/t18-,24?,26+/m0/s1. The highest BCUT2D eigenvalue weighted by atomic mass is 28.4. The lowest BCUT2D eigenvalue weighted by Gasteiger charge is -2.43. The lowest BCUT2D eigenvalue weighted by Crippen LogP contribution is -2.43. The Morgan fingerprint density at radius 1 is 1.15 bits per heavy atom. The van der Waals surface area contributed by atoms with Crippen LogP contribution in [0.1, 0.15) is 70.1 Å². The van der Waals surface area contributed by atoms with Crippen molar-refractivity contribution >= 4 is 14.1 Å². The monoisotopic (exact) mass is 472 g/mol. The van der Waals surface area contributed by atoms with Crippen molar-refractivity contribution in [3.05, 3.63) is 40.5 Å². The number of rotatable bonds is 7. The van der Waals surface area contributed by atoms with Gasteiger partial charge >= 0.3 is 0 Å². The van der Waals surface area contributed by atoms with Crippen LogP contribution in [-0.4, -0.2) is 40.7 Å². The molecule has 2 aliphatic carbocycles. The highest BCUT2D eigenvalue weighted by molar-refractivity contribution is 6.74. The van der Waals surface area contributed by atoms with Crippen molar-refractivity contribution in [3.63, 3.8) is 0 Å². The molecule has 0 amide bonds. The number of carbonyl (C=O) groups excluding carboxylic acids is 1. The summed E-state index contributed by atoms with van der Waals surface area (Å²) in [6, 6.07) is 6.22. The van der Waals surface area contributed by atoms with E-state index in [0.29, 0.717) is 19.4 Å². The number of Topliss-reactive ketones (excluding diaryl/α,β-unsaturated/α-hetero) is 1. The number of ether oxygens (including phenoxy) is 3. The number of fused-ring (bicyclic) bond motifs is 2. The smallest absolute Gasteiger partial charge is 0.193 e. The maximum absolute atomic E-state index is 13.2. The molecule has 1 saturated heterocycles. The summed E-state index contributed by atoms with van der Waals surface area (Å²) in [6.07, 6.45) is 4.86. The molecule has 0 N–H and O–H groups in total. The molecule has 33 heavy (non-hydrogen) atoms. The molecular weight excluding hydrogens is 432 g/mol. The number of ketones is 1. The van der Waals surface area contributed by atoms with E-state index in [2.05, 4.69) is 39.9 Å². The Labute approximate surface area is 200 Å². The molecule has 1 aliphatic heterocycles. The Bertz CT molecular complexity index is 908. The molecule has 1 fully saturated rings. The summed E-state index contributed by atoms with van der Waals surface area (Å²) in [5, 5.41) is 0.0732. The Kier molecular flexibility index (Phi) is 7.20. The summed E-state index contributed by atoms with van der Waals surface area (Å²) in [4.78, 5) is 13.2. The molecule has 6 heteroatoms. The normalized spacial score (nSPS) is 25.8. The number of benzene rings is 1. The van der Waals surface area contributed by atoms with Crippen LogP contribution < -0.4 is 4.74 Å². The van der Waals surface area contributed by atoms with Crippen molar-refractivity contribution in [3.8, 4) is 5.75 Å².